The highest BCUT2D eigenvalue weighted by Crippen LogP contribution is 2.35. The first-order chi connectivity index (χ1) is 9.47. The fourth-order valence-corrected chi connectivity index (χ4v) is 3.03. The highest BCUT2D eigenvalue weighted by molar-refractivity contribution is 7.99. The van der Waals surface area contributed by atoms with Gasteiger partial charge in [0.2, 0.25) is 0 Å². The lowest BCUT2D eigenvalue weighted by atomic mass is 10.0. The van der Waals surface area contributed by atoms with Crippen LogP contribution in [0.5, 0.6) is 0 Å². The first kappa shape index (κ1) is 15.4. The lowest BCUT2D eigenvalue weighted by Gasteiger charge is -2.10. The molecule has 2 aromatic rings. The minimum Gasteiger partial charge on any atom is -0.389 e. The van der Waals surface area contributed by atoms with Crippen molar-refractivity contribution in [3.63, 3.8) is 0 Å². The van der Waals surface area contributed by atoms with Crippen molar-refractivity contribution in [1.82, 2.24) is 0 Å². The van der Waals surface area contributed by atoms with Crippen LogP contribution in [0.1, 0.15) is 43.9 Å². The molecule has 0 radical (unpaired) electrons. The van der Waals surface area contributed by atoms with Gasteiger partial charge in [0.05, 0.1) is 11.1 Å². The molecule has 3 heteroatoms. The van der Waals surface area contributed by atoms with E-state index in [0.29, 0.717) is 10.9 Å². The van der Waals surface area contributed by atoms with Crippen molar-refractivity contribution in [2.75, 3.05) is 0 Å². The molecule has 2 rings (SSSR count). The van der Waals surface area contributed by atoms with Crippen LogP contribution < -0.4 is 0 Å². The van der Waals surface area contributed by atoms with E-state index in [1.165, 1.54) is 10.5 Å². The van der Waals surface area contributed by atoms with Gasteiger partial charge < -0.3 is 5.11 Å². The monoisotopic (exact) mass is 306 g/mol. The van der Waals surface area contributed by atoms with Gasteiger partial charge in [-0.25, -0.2) is 0 Å². The first-order valence-electron chi connectivity index (χ1n) is 6.72. The first-order valence-corrected chi connectivity index (χ1v) is 7.92. The van der Waals surface area contributed by atoms with Gasteiger partial charge in [0.15, 0.2) is 0 Å². The minimum atomic E-state index is -0.489. The van der Waals surface area contributed by atoms with Crippen LogP contribution in [-0.4, -0.2) is 5.11 Å². The molecule has 2 aromatic carbocycles. The maximum absolute atomic E-state index is 9.55. The van der Waals surface area contributed by atoms with Crippen molar-refractivity contribution in [3.05, 3.63) is 58.6 Å². The molecule has 0 aromatic heterocycles. The van der Waals surface area contributed by atoms with E-state index in [2.05, 4.69) is 38.1 Å². The van der Waals surface area contributed by atoms with Gasteiger partial charge in [-0.2, -0.15) is 0 Å². The Kier molecular flexibility index (Phi) is 5.14. The molecule has 1 unspecified atom stereocenters. The number of rotatable bonds is 4. The van der Waals surface area contributed by atoms with Gasteiger partial charge in [0.25, 0.3) is 0 Å². The molecule has 0 aliphatic carbocycles. The predicted molar refractivity (Wildman–Crippen MR) is 86.7 cm³/mol. The van der Waals surface area contributed by atoms with Crippen molar-refractivity contribution < 1.29 is 5.11 Å². The molecule has 0 spiro atoms. The maximum atomic E-state index is 9.55. The van der Waals surface area contributed by atoms with Crippen LogP contribution in [0.25, 0.3) is 0 Å². The Bertz CT molecular complexity index is 576. The van der Waals surface area contributed by atoms with Gasteiger partial charge in [-0.15, -0.1) is 0 Å². The maximum Gasteiger partial charge on any atom is 0.0762 e. The fraction of sp³-hybridized carbons (Fsp3) is 0.294. The van der Waals surface area contributed by atoms with E-state index in [1.807, 2.05) is 18.2 Å². The Labute approximate surface area is 130 Å². The van der Waals surface area contributed by atoms with E-state index in [9.17, 15) is 5.11 Å². The van der Waals surface area contributed by atoms with Crippen molar-refractivity contribution >= 4 is 23.4 Å². The topological polar surface area (TPSA) is 20.2 Å². The second-order valence-electron chi connectivity index (χ2n) is 5.19. The molecule has 1 N–H and O–H groups in total. The molecule has 0 amide bonds. The summed E-state index contributed by atoms with van der Waals surface area (Å²) in [6, 6.07) is 14.3. The van der Waals surface area contributed by atoms with E-state index in [-0.39, 0.29) is 0 Å². The summed E-state index contributed by atoms with van der Waals surface area (Å²) >= 11 is 7.91. The van der Waals surface area contributed by atoms with E-state index < -0.39 is 6.10 Å². The van der Waals surface area contributed by atoms with Gasteiger partial charge in [-0.3, -0.25) is 0 Å². The molecule has 0 heterocycles. The molecule has 0 saturated carbocycles. The van der Waals surface area contributed by atoms with Crippen LogP contribution in [0.3, 0.4) is 0 Å². The number of halogens is 1. The number of aliphatic hydroxyl groups is 1. The zero-order chi connectivity index (χ0) is 14.7. The summed E-state index contributed by atoms with van der Waals surface area (Å²) in [4.78, 5) is 2.18. The Morgan fingerprint density at radius 3 is 2.05 bits per heavy atom. The molecule has 0 aliphatic rings. The van der Waals surface area contributed by atoms with Crippen molar-refractivity contribution in [2.24, 2.45) is 0 Å². The largest absolute Gasteiger partial charge is 0.389 e. The van der Waals surface area contributed by atoms with Gasteiger partial charge in [0, 0.05) is 9.79 Å². The number of hydrogen-bond donors (Lipinski definition) is 1. The van der Waals surface area contributed by atoms with Crippen molar-refractivity contribution in [3.8, 4) is 0 Å². The van der Waals surface area contributed by atoms with Crippen LogP contribution >= 0.6 is 23.4 Å². The van der Waals surface area contributed by atoms with Crippen LogP contribution in [0.2, 0.25) is 5.02 Å². The summed E-state index contributed by atoms with van der Waals surface area (Å²) in [6.07, 6.45) is -0.489. The second-order valence-corrected chi connectivity index (χ2v) is 6.71. The van der Waals surface area contributed by atoms with E-state index in [1.54, 1.807) is 18.7 Å². The van der Waals surface area contributed by atoms with Gasteiger partial charge in [-0.05, 0) is 48.2 Å². The summed E-state index contributed by atoms with van der Waals surface area (Å²) in [5.41, 5.74) is 2.18. The van der Waals surface area contributed by atoms with Crippen LogP contribution in [0.4, 0.5) is 0 Å². The Hall–Kier alpha value is -0.960. The number of hydrogen-bond acceptors (Lipinski definition) is 2. The van der Waals surface area contributed by atoms with Gasteiger partial charge >= 0.3 is 0 Å². The highest BCUT2D eigenvalue weighted by atomic mass is 35.5. The van der Waals surface area contributed by atoms with Crippen LogP contribution in [-0.2, 0) is 0 Å². The average Bonchev–Trinajstić information content (AvgIpc) is 2.41. The quantitative estimate of drug-likeness (QED) is 0.785. The third-order valence-electron chi connectivity index (χ3n) is 3.21. The molecule has 20 heavy (non-hydrogen) atoms. The average molecular weight is 307 g/mol. The molecule has 0 fully saturated rings. The third kappa shape index (κ3) is 3.78. The van der Waals surface area contributed by atoms with Crippen molar-refractivity contribution in [2.45, 2.75) is 42.6 Å². The molecule has 0 bridgehead atoms. The smallest absolute Gasteiger partial charge is 0.0762 e. The minimum absolute atomic E-state index is 0.489. The SMILES string of the molecule is CC(C)c1ccc(Sc2ccc(C(C)O)cc2Cl)cc1. The van der Waals surface area contributed by atoms with E-state index >= 15 is 0 Å². The summed E-state index contributed by atoms with van der Waals surface area (Å²) in [7, 11) is 0. The zero-order valence-corrected chi connectivity index (χ0v) is 13.5. The second kappa shape index (κ2) is 6.66. The number of aliphatic hydroxyl groups excluding tert-OH is 1. The Morgan fingerprint density at radius 1 is 0.950 bits per heavy atom. The van der Waals surface area contributed by atoms with Gasteiger partial charge in [-0.1, -0.05) is 55.4 Å². The zero-order valence-electron chi connectivity index (χ0n) is 11.9. The van der Waals surface area contributed by atoms with Crippen LogP contribution in [0, 0.1) is 0 Å². The highest BCUT2D eigenvalue weighted by Gasteiger charge is 2.07. The van der Waals surface area contributed by atoms with Crippen molar-refractivity contribution in [1.29, 1.82) is 0 Å². The van der Waals surface area contributed by atoms with Gasteiger partial charge in [0.1, 0.15) is 0 Å². The fourth-order valence-electron chi connectivity index (χ4n) is 1.91. The molecule has 0 saturated heterocycles. The molecule has 0 aliphatic heterocycles. The Morgan fingerprint density at radius 2 is 1.55 bits per heavy atom. The molecule has 1 nitrogen and oxygen atoms in total. The summed E-state index contributed by atoms with van der Waals surface area (Å²) in [5, 5.41) is 10.2. The molecule has 106 valence electrons. The molecular weight excluding hydrogens is 288 g/mol. The van der Waals surface area contributed by atoms with E-state index in [0.717, 1.165) is 10.5 Å². The summed E-state index contributed by atoms with van der Waals surface area (Å²) < 4.78 is 0. The lowest BCUT2D eigenvalue weighted by Crippen LogP contribution is -1.91. The summed E-state index contributed by atoms with van der Waals surface area (Å²) in [6.45, 7) is 6.12. The van der Waals surface area contributed by atoms with E-state index in [4.69, 9.17) is 11.6 Å². The number of benzene rings is 2. The molecule has 1 atom stereocenters. The predicted octanol–water partition coefficient (Wildman–Crippen LogP) is 5.67. The third-order valence-corrected chi connectivity index (χ3v) is 4.72. The molecular formula is C17H19ClOS. The lowest BCUT2D eigenvalue weighted by molar-refractivity contribution is 0.199. The summed E-state index contributed by atoms with van der Waals surface area (Å²) in [5.74, 6) is 0.544. The standard InChI is InChI=1S/C17H19ClOS/c1-11(2)13-4-7-15(8-5-13)20-17-9-6-14(12(3)19)10-16(17)18/h4-12,19H,1-3H3. The van der Waals surface area contributed by atoms with Crippen LogP contribution in [0.15, 0.2) is 52.3 Å². The normalized spacial score (nSPS) is 12.7. The Balaban J connectivity index is 2.17.